The van der Waals surface area contributed by atoms with Gasteiger partial charge >= 0.3 is 0 Å². The van der Waals surface area contributed by atoms with Crippen LogP contribution in [0.15, 0.2) is 259 Å². The van der Waals surface area contributed by atoms with Gasteiger partial charge in [0.25, 0.3) is 0 Å². The van der Waals surface area contributed by atoms with E-state index >= 15 is 0 Å². The second-order valence-corrected chi connectivity index (χ2v) is 16.8. The Morgan fingerprint density at radius 2 is 0.537 bits per heavy atom. The average molecular weight is 855 g/mol. The summed E-state index contributed by atoms with van der Waals surface area (Å²) in [4.78, 5) is 10.3. The van der Waals surface area contributed by atoms with E-state index in [1.165, 1.54) is 0 Å². The third kappa shape index (κ3) is 7.39. The van der Waals surface area contributed by atoms with Crippen LogP contribution in [-0.2, 0) is 0 Å². The molecule has 2 heterocycles. The van der Waals surface area contributed by atoms with Gasteiger partial charge in [0.1, 0.15) is 11.2 Å². The van der Waals surface area contributed by atoms with Crippen molar-refractivity contribution in [3.63, 3.8) is 0 Å². The van der Waals surface area contributed by atoms with E-state index in [0.717, 1.165) is 117 Å². The molecule has 10 aromatic carbocycles. The zero-order valence-electron chi connectivity index (χ0n) is 36.6. The van der Waals surface area contributed by atoms with Crippen LogP contribution in [0.1, 0.15) is 0 Å². The molecule has 314 valence electrons. The molecule has 3 nitrogen and oxygen atoms in total. The van der Waals surface area contributed by atoms with Gasteiger partial charge in [-0.05, 0) is 91.0 Å². The smallest absolute Gasteiger partial charge is 0.160 e. The quantitative estimate of drug-likeness (QED) is 0.145. The van der Waals surface area contributed by atoms with Gasteiger partial charge in [-0.2, -0.15) is 0 Å². The molecule has 2 aromatic heterocycles. The molecule has 0 radical (unpaired) electrons. The van der Waals surface area contributed by atoms with Crippen molar-refractivity contribution in [1.29, 1.82) is 0 Å². The van der Waals surface area contributed by atoms with Gasteiger partial charge < -0.3 is 4.42 Å². The van der Waals surface area contributed by atoms with E-state index in [0.29, 0.717) is 5.82 Å². The molecular formula is C64H42N2O. The number of aromatic nitrogens is 2. The first-order chi connectivity index (χ1) is 33.2. The molecule has 0 fully saturated rings. The van der Waals surface area contributed by atoms with Gasteiger partial charge in [0, 0.05) is 27.5 Å². The molecule has 0 atom stereocenters. The number of benzene rings is 10. The van der Waals surface area contributed by atoms with Gasteiger partial charge in [0.05, 0.1) is 11.4 Å². The fourth-order valence-electron chi connectivity index (χ4n) is 9.66. The van der Waals surface area contributed by atoms with Crippen molar-refractivity contribution in [2.45, 2.75) is 0 Å². The van der Waals surface area contributed by atoms with E-state index in [9.17, 15) is 0 Å². The summed E-state index contributed by atoms with van der Waals surface area (Å²) in [5, 5.41) is 2.20. The van der Waals surface area contributed by atoms with Gasteiger partial charge in [-0.3, -0.25) is 0 Å². The van der Waals surface area contributed by atoms with Crippen molar-refractivity contribution < 1.29 is 4.42 Å². The second kappa shape index (κ2) is 17.2. The minimum Gasteiger partial charge on any atom is -0.456 e. The highest BCUT2D eigenvalue weighted by Crippen LogP contribution is 2.56. The van der Waals surface area contributed by atoms with Gasteiger partial charge in [-0.25, -0.2) is 9.97 Å². The van der Waals surface area contributed by atoms with Gasteiger partial charge in [-0.15, -0.1) is 0 Å². The van der Waals surface area contributed by atoms with Crippen molar-refractivity contribution in [2.24, 2.45) is 0 Å². The predicted octanol–water partition coefficient (Wildman–Crippen LogP) is 17.4. The zero-order valence-corrected chi connectivity index (χ0v) is 36.6. The van der Waals surface area contributed by atoms with E-state index in [4.69, 9.17) is 14.4 Å². The maximum atomic E-state index is 6.65. The highest BCUT2D eigenvalue weighted by Gasteiger charge is 2.29. The van der Waals surface area contributed by atoms with Gasteiger partial charge in [-0.1, -0.05) is 231 Å². The molecule has 0 saturated heterocycles. The summed E-state index contributed by atoms with van der Waals surface area (Å²) in [7, 11) is 0. The molecule has 0 saturated carbocycles. The minimum atomic E-state index is 0.689. The van der Waals surface area contributed by atoms with Crippen LogP contribution < -0.4 is 0 Å². The molecular weight excluding hydrogens is 813 g/mol. The number of nitrogens with zero attached hydrogens (tertiary/aromatic N) is 2. The van der Waals surface area contributed by atoms with Crippen LogP contribution in [0.5, 0.6) is 0 Å². The molecule has 12 rings (SSSR count). The van der Waals surface area contributed by atoms with E-state index in [2.05, 4.69) is 224 Å². The Labute approximate surface area is 390 Å². The fraction of sp³-hybridized carbons (Fsp3) is 0. The van der Waals surface area contributed by atoms with Crippen LogP contribution in [0.4, 0.5) is 0 Å². The number of furan rings is 1. The van der Waals surface area contributed by atoms with Crippen LogP contribution in [-0.4, -0.2) is 9.97 Å². The monoisotopic (exact) mass is 854 g/mol. The first kappa shape index (κ1) is 39.7. The van der Waals surface area contributed by atoms with Crippen LogP contribution in [0.2, 0.25) is 0 Å². The van der Waals surface area contributed by atoms with E-state index in [-0.39, 0.29) is 0 Å². The summed E-state index contributed by atoms with van der Waals surface area (Å²) in [6.07, 6.45) is 0. The van der Waals surface area contributed by atoms with Crippen molar-refractivity contribution in [3.05, 3.63) is 255 Å². The average Bonchev–Trinajstić information content (AvgIpc) is 3.79. The molecule has 12 aromatic rings. The Bertz CT molecular complexity index is 3620. The van der Waals surface area contributed by atoms with Gasteiger partial charge in [0.2, 0.25) is 0 Å². The number of fused-ring (bicyclic) bond motifs is 3. The number of rotatable bonds is 9. The number of hydrogen-bond acceptors (Lipinski definition) is 3. The molecule has 0 unspecified atom stereocenters. The Balaban J connectivity index is 1.19. The summed E-state index contributed by atoms with van der Waals surface area (Å²) in [6, 6.07) is 90.3. The first-order valence-electron chi connectivity index (χ1n) is 22.7. The molecule has 0 amide bonds. The Kier molecular flexibility index (Phi) is 10.2. The lowest BCUT2D eigenvalue weighted by atomic mass is 9.74. The summed E-state index contributed by atoms with van der Waals surface area (Å²) >= 11 is 0. The molecule has 0 bridgehead atoms. The van der Waals surface area contributed by atoms with Crippen molar-refractivity contribution in [2.75, 3.05) is 0 Å². The van der Waals surface area contributed by atoms with Crippen LogP contribution in [0.3, 0.4) is 0 Å². The van der Waals surface area contributed by atoms with Crippen LogP contribution in [0, 0.1) is 0 Å². The lowest BCUT2D eigenvalue weighted by Gasteiger charge is -2.29. The minimum absolute atomic E-state index is 0.689. The third-order valence-electron chi connectivity index (χ3n) is 12.7. The normalized spacial score (nSPS) is 11.3. The molecule has 0 aliphatic heterocycles. The molecule has 0 N–H and O–H groups in total. The first-order valence-corrected chi connectivity index (χ1v) is 22.7. The molecule has 3 heteroatoms. The number of hydrogen-bond donors (Lipinski definition) is 0. The number of para-hydroxylation sites is 1. The SMILES string of the molecule is c1ccc(-c2cc(-c3ccc(-c4c(-c5ccccc5)c(-c5ccccc5)c(-c5ccccc5)c(-c5ccc6c(c5)oc5ccccc56)c4-c4ccccc4)cc3)nc(-c3ccccc3)n2)cc1. The van der Waals surface area contributed by atoms with Crippen molar-refractivity contribution in [1.82, 2.24) is 9.97 Å². The topological polar surface area (TPSA) is 38.9 Å². The summed E-state index contributed by atoms with van der Waals surface area (Å²) < 4.78 is 6.65. The molecule has 0 spiro atoms. The third-order valence-corrected chi connectivity index (χ3v) is 12.7. The largest absolute Gasteiger partial charge is 0.456 e. The molecule has 0 aliphatic rings. The van der Waals surface area contributed by atoms with E-state index in [1.54, 1.807) is 0 Å². The Morgan fingerprint density at radius 1 is 0.224 bits per heavy atom. The lowest BCUT2D eigenvalue weighted by Crippen LogP contribution is -2.02. The highest BCUT2D eigenvalue weighted by atomic mass is 16.3. The van der Waals surface area contributed by atoms with Crippen LogP contribution >= 0.6 is 0 Å². The Hall–Kier alpha value is -8.92. The zero-order chi connectivity index (χ0) is 44.5. The maximum absolute atomic E-state index is 6.65. The van der Waals surface area contributed by atoms with E-state index < -0.39 is 0 Å². The van der Waals surface area contributed by atoms with Crippen molar-refractivity contribution in [3.8, 4) is 101 Å². The Morgan fingerprint density at radius 3 is 1.00 bits per heavy atom. The van der Waals surface area contributed by atoms with Crippen molar-refractivity contribution >= 4 is 21.9 Å². The second-order valence-electron chi connectivity index (χ2n) is 16.8. The summed E-state index contributed by atoms with van der Waals surface area (Å²) in [6.45, 7) is 0. The standard InChI is InChI=1S/C64H42N2O/c1-7-21-43(22-8-1)54-42-55(66-64(65-54)50-31-17-6-18-32-50)44-35-37-49(38-36-44)62-59(46-25-11-3-12-26-46)58(45-23-9-2-10-24-45)60(47-27-13-4-14-28-47)63(61(62)48-29-15-5-16-30-48)51-39-40-53-52-33-19-20-34-56(52)67-57(53)41-51/h1-42H. The maximum Gasteiger partial charge on any atom is 0.160 e. The molecule has 67 heavy (non-hydrogen) atoms. The summed E-state index contributed by atoms with van der Waals surface area (Å²) in [5.41, 5.74) is 20.0. The molecule has 0 aliphatic carbocycles. The van der Waals surface area contributed by atoms with Crippen LogP contribution in [0.25, 0.3) is 123 Å². The fourth-order valence-corrected chi connectivity index (χ4v) is 9.66. The lowest BCUT2D eigenvalue weighted by molar-refractivity contribution is 0.669. The predicted molar refractivity (Wildman–Crippen MR) is 278 cm³/mol. The van der Waals surface area contributed by atoms with Gasteiger partial charge in [0.15, 0.2) is 5.82 Å². The highest BCUT2D eigenvalue weighted by molar-refractivity contribution is 6.16. The summed E-state index contributed by atoms with van der Waals surface area (Å²) in [5.74, 6) is 0.689. The van der Waals surface area contributed by atoms with E-state index in [1.807, 2.05) is 30.3 Å².